The van der Waals surface area contributed by atoms with Crippen molar-refractivity contribution in [1.29, 1.82) is 0 Å². The van der Waals surface area contributed by atoms with Crippen molar-refractivity contribution in [1.82, 2.24) is 5.32 Å². The van der Waals surface area contributed by atoms with Crippen molar-refractivity contribution < 1.29 is 9.21 Å². The predicted octanol–water partition coefficient (Wildman–Crippen LogP) is 4.02. The summed E-state index contributed by atoms with van der Waals surface area (Å²) in [5, 5.41) is 9.40. The molecule has 1 aromatic heterocycles. The smallest absolute Gasteiger partial charge is 0.253 e. The molecule has 0 saturated heterocycles. The minimum absolute atomic E-state index is 0.206. The van der Waals surface area contributed by atoms with Crippen molar-refractivity contribution in [2.24, 2.45) is 0 Å². The van der Waals surface area contributed by atoms with Crippen LogP contribution in [0.3, 0.4) is 0 Å². The molecule has 0 unspecified atom stereocenters. The van der Waals surface area contributed by atoms with E-state index in [-0.39, 0.29) is 5.91 Å². The minimum Gasteiger partial charge on any atom is -0.467 e. The number of para-hydroxylation sites is 2. The second-order valence-electron chi connectivity index (χ2n) is 5.25. The zero-order valence-electron chi connectivity index (χ0n) is 13.4. The van der Waals surface area contributed by atoms with Crippen LogP contribution >= 0.6 is 12.2 Å². The van der Waals surface area contributed by atoms with E-state index in [9.17, 15) is 4.79 Å². The van der Waals surface area contributed by atoms with Crippen LogP contribution in [0.15, 0.2) is 77.4 Å². The lowest BCUT2D eigenvalue weighted by atomic mass is 10.1. The molecule has 0 bridgehead atoms. The molecule has 0 radical (unpaired) electrons. The monoisotopic (exact) mass is 351 g/mol. The van der Waals surface area contributed by atoms with Crippen molar-refractivity contribution in [3.05, 3.63) is 84.3 Å². The van der Waals surface area contributed by atoms with Crippen LogP contribution in [0.5, 0.6) is 0 Å². The lowest BCUT2D eigenvalue weighted by Crippen LogP contribution is -2.26. The van der Waals surface area contributed by atoms with Crippen LogP contribution in [0.25, 0.3) is 0 Å². The topological polar surface area (TPSA) is 66.3 Å². The Bertz CT molecular complexity index is 848. The number of carbonyl (C=O) groups excluding carboxylic acids is 1. The van der Waals surface area contributed by atoms with E-state index in [0.29, 0.717) is 28.7 Å². The largest absolute Gasteiger partial charge is 0.467 e. The van der Waals surface area contributed by atoms with Gasteiger partial charge in [0.05, 0.1) is 24.1 Å². The van der Waals surface area contributed by atoms with Crippen molar-refractivity contribution >= 4 is 34.6 Å². The number of nitrogens with one attached hydrogen (secondary N) is 3. The first-order valence-electron chi connectivity index (χ1n) is 7.75. The molecule has 3 rings (SSSR count). The van der Waals surface area contributed by atoms with Crippen molar-refractivity contribution in [2.45, 2.75) is 6.54 Å². The van der Waals surface area contributed by atoms with Gasteiger partial charge in [0.25, 0.3) is 5.91 Å². The Morgan fingerprint density at radius 1 is 0.920 bits per heavy atom. The van der Waals surface area contributed by atoms with Crippen molar-refractivity contribution in [2.75, 3.05) is 10.6 Å². The summed E-state index contributed by atoms with van der Waals surface area (Å²) < 4.78 is 5.22. The molecule has 5 nitrogen and oxygen atoms in total. The average Bonchev–Trinajstić information content (AvgIpc) is 3.14. The highest BCUT2D eigenvalue weighted by Gasteiger charge is 2.12. The maximum absolute atomic E-state index is 12.4. The van der Waals surface area contributed by atoms with E-state index in [1.54, 1.807) is 30.5 Å². The van der Waals surface area contributed by atoms with E-state index in [0.717, 1.165) is 5.69 Å². The quantitative estimate of drug-likeness (QED) is 0.606. The second-order valence-corrected chi connectivity index (χ2v) is 5.66. The van der Waals surface area contributed by atoms with Gasteiger partial charge in [-0.05, 0) is 48.6 Å². The van der Waals surface area contributed by atoms with Gasteiger partial charge in [-0.3, -0.25) is 4.79 Å². The molecule has 6 heteroatoms. The molecule has 1 heterocycles. The number of hydrogen-bond acceptors (Lipinski definition) is 3. The summed E-state index contributed by atoms with van der Waals surface area (Å²) in [6.45, 7) is 0.326. The maximum Gasteiger partial charge on any atom is 0.253 e. The molecular formula is C19H17N3O2S. The number of carbonyl (C=O) groups is 1. The van der Waals surface area contributed by atoms with Gasteiger partial charge in [0.2, 0.25) is 0 Å². The Balaban J connectivity index is 1.65. The van der Waals surface area contributed by atoms with E-state index in [2.05, 4.69) is 16.0 Å². The lowest BCUT2D eigenvalue weighted by Gasteiger charge is -2.14. The fraction of sp³-hybridized carbons (Fsp3) is 0.0526. The highest BCUT2D eigenvalue weighted by atomic mass is 32.1. The number of anilines is 2. The second kappa shape index (κ2) is 8.12. The summed E-state index contributed by atoms with van der Waals surface area (Å²) in [7, 11) is 0. The molecule has 3 N–H and O–H groups in total. The molecule has 0 aliphatic heterocycles. The molecule has 0 spiro atoms. The first-order chi connectivity index (χ1) is 12.2. The summed E-state index contributed by atoms with van der Waals surface area (Å²) in [4.78, 5) is 12.4. The van der Waals surface area contributed by atoms with Crippen LogP contribution in [0.2, 0.25) is 0 Å². The van der Waals surface area contributed by atoms with E-state index < -0.39 is 0 Å². The van der Waals surface area contributed by atoms with E-state index in [1.807, 2.05) is 42.5 Å². The highest BCUT2D eigenvalue weighted by molar-refractivity contribution is 7.80. The Hall–Kier alpha value is -3.12. The Kier molecular flexibility index (Phi) is 5.43. The Morgan fingerprint density at radius 3 is 2.44 bits per heavy atom. The molecule has 0 fully saturated rings. The average molecular weight is 351 g/mol. The van der Waals surface area contributed by atoms with Crippen LogP contribution in [-0.2, 0) is 6.54 Å². The number of rotatable bonds is 5. The number of hydrogen-bond donors (Lipinski definition) is 3. The molecule has 0 atom stereocenters. The van der Waals surface area contributed by atoms with Crippen LogP contribution in [0.4, 0.5) is 11.4 Å². The Labute approximate surface area is 151 Å². The third-order valence-electron chi connectivity index (χ3n) is 3.45. The van der Waals surface area contributed by atoms with Gasteiger partial charge in [0.1, 0.15) is 5.76 Å². The zero-order valence-corrected chi connectivity index (χ0v) is 14.2. The number of furan rings is 1. The van der Waals surface area contributed by atoms with Crippen LogP contribution < -0.4 is 16.0 Å². The third-order valence-corrected chi connectivity index (χ3v) is 3.66. The molecule has 3 aromatic rings. The van der Waals surface area contributed by atoms with Gasteiger partial charge in [-0.1, -0.05) is 30.3 Å². The number of amides is 1. The third kappa shape index (κ3) is 4.68. The first-order valence-corrected chi connectivity index (χ1v) is 8.16. The van der Waals surface area contributed by atoms with Crippen LogP contribution in [0.1, 0.15) is 16.1 Å². The van der Waals surface area contributed by atoms with E-state index in [1.165, 1.54) is 0 Å². The SMILES string of the molecule is O=C(NCc1ccco1)c1ccccc1NC(=S)Nc1ccccc1. The standard InChI is InChI=1S/C19H17N3O2S/c23-18(20-13-15-9-6-12-24-15)16-10-4-5-11-17(16)22-19(25)21-14-7-2-1-3-8-14/h1-12H,13H2,(H,20,23)(H2,21,22,25). The van der Waals surface area contributed by atoms with Gasteiger partial charge >= 0.3 is 0 Å². The fourth-order valence-corrected chi connectivity index (χ4v) is 2.50. The van der Waals surface area contributed by atoms with Gasteiger partial charge in [0, 0.05) is 5.69 Å². The Morgan fingerprint density at radius 2 is 1.68 bits per heavy atom. The van der Waals surface area contributed by atoms with Gasteiger partial charge in [0.15, 0.2) is 5.11 Å². The number of benzene rings is 2. The predicted molar refractivity (Wildman–Crippen MR) is 103 cm³/mol. The summed E-state index contributed by atoms with van der Waals surface area (Å²) in [6, 6.07) is 20.4. The molecular weight excluding hydrogens is 334 g/mol. The molecule has 0 saturated carbocycles. The van der Waals surface area contributed by atoms with Gasteiger partial charge < -0.3 is 20.4 Å². The molecule has 0 aliphatic carbocycles. The number of thiocarbonyl (C=S) groups is 1. The molecule has 0 aliphatic rings. The van der Waals surface area contributed by atoms with Crippen molar-refractivity contribution in [3.8, 4) is 0 Å². The minimum atomic E-state index is -0.206. The van der Waals surface area contributed by atoms with Crippen LogP contribution in [0, 0.1) is 0 Å². The van der Waals surface area contributed by atoms with Gasteiger partial charge in [-0.2, -0.15) is 0 Å². The summed E-state index contributed by atoms with van der Waals surface area (Å²) in [5.41, 5.74) is 2.01. The molecule has 25 heavy (non-hydrogen) atoms. The maximum atomic E-state index is 12.4. The first kappa shape index (κ1) is 16.7. The van der Waals surface area contributed by atoms with Gasteiger partial charge in [-0.15, -0.1) is 0 Å². The fourth-order valence-electron chi connectivity index (χ4n) is 2.27. The zero-order chi connectivity index (χ0) is 17.5. The lowest BCUT2D eigenvalue weighted by molar-refractivity contribution is 0.0949. The highest BCUT2D eigenvalue weighted by Crippen LogP contribution is 2.16. The van der Waals surface area contributed by atoms with Gasteiger partial charge in [-0.25, -0.2) is 0 Å². The summed E-state index contributed by atoms with van der Waals surface area (Å²) in [5.74, 6) is 0.488. The van der Waals surface area contributed by atoms with E-state index >= 15 is 0 Å². The molecule has 1 amide bonds. The van der Waals surface area contributed by atoms with Crippen molar-refractivity contribution in [3.63, 3.8) is 0 Å². The summed E-state index contributed by atoms with van der Waals surface area (Å²) in [6.07, 6.45) is 1.57. The normalized spacial score (nSPS) is 10.1. The summed E-state index contributed by atoms with van der Waals surface area (Å²) >= 11 is 5.32. The molecule has 126 valence electrons. The molecule has 2 aromatic carbocycles. The van der Waals surface area contributed by atoms with Crippen LogP contribution in [-0.4, -0.2) is 11.0 Å². The van der Waals surface area contributed by atoms with E-state index in [4.69, 9.17) is 16.6 Å².